The second-order valence-electron chi connectivity index (χ2n) is 3.88. The molecule has 0 saturated carbocycles. The minimum atomic E-state index is -0.198. The van der Waals surface area contributed by atoms with E-state index in [0.29, 0.717) is 10.7 Å². The zero-order valence-electron chi connectivity index (χ0n) is 9.72. The number of aromatic hydroxyl groups is 1. The molecule has 1 aromatic carbocycles. The van der Waals surface area contributed by atoms with Crippen molar-refractivity contribution in [2.24, 2.45) is 0 Å². The third-order valence-electron chi connectivity index (χ3n) is 2.55. The summed E-state index contributed by atoms with van der Waals surface area (Å²) >= 11 is 1.31. The van der Waals surface area contributed by atoms with Crippen molar-refractivity contribution in [1.29, 1.82) is 0 Å². The van der Waals surface area contributed by atoms with Crippen LogP contribution in [0.25, 0.3) is 17.1 Å². The second-order valence-corrected chi connectivity index (χ2v) is 4.69. The molecule has 0 fully saturated rings. The number of nitrogens with zero attached hydrogens (tertiary/aromatic N) is 3. The van der Waals surface area contributed by atoms with Gasteiger partial charge in [-0.05, 0) is 23.8 Å². The molecule has 0 saturated heterocycles. The lowest BCUT2D eigenvalue weighted by Crippen LogP contribution is -2.13. The topological polar surface area (TPSA) is 67.5 Å². The van der Waals surface area contributed by atoms with Crippen molar-refractivity contribution in [3.8, 4) is 5.75 Å². The average Bonchev–Trinajstić information content (AvgIpc) is 2.87. The minimum Gasteiger partial charge on any atom is -0.508 e. The molecule has 2 aromatic heterocycles. The Morgan fingerprint density at radius 2 is 2.00 bits per heavy atom. The SMILES string of the molecule is O=c1cc(/C=C/c2ccc(O)cc2)nc2scnn12. The van der Waals surface area contributed by atoms with Gasteiger partial charge in [-0.2, -0.15) is 9.61 Å². The number of hydrogen-bond donors (Lipinski definition) is 1. The van der Waals surface area contributed by atoms with Gasteiger partial charge in [0.2, 0.25) is 4.96 Å². The lowest BCUT2D eigenvalue weighted by molar-refractivity contribution is 0.475. The molecule has 0 aliphatic heterocycles. The molecule has 2 heterocycles. The first-order chi connectivity index (χ1) is 9.22. The van der Waals surface area contributed by atoms with E-state index in [-0.39, 0.29) is 11.3 Å². The van der Waals surface area contributed by atoms with E-state index in [0.717, 1.165) is 5.56 Å². The molecule has 0 unspecified atom stereocenters. The zero-order valence-corrected chi connectivity index (χ0v) is 10.5. The molecule has 0 bridgehead atoms. The van der Waals surface area contributed by atoms with Crippen molar-refractivity contribution in [3.63, 3.8) is 0 Å². The van der Waals surface area contributed by atoms with Gasteiger partial charge in [0, 0.05) is 6.07 Å². The smallest absolute Gasteiger partial charge is 0.275 e. The number of phenols is 1. The highest BCUT2D eigenvalue weighted by atomic mass is 32.1. The van der Waals surface area contributed by atoms with E-state index in [4.69, 9.17) is 0 Å². The lowest BCUT2D eigenvalue weighted by Gasteiger charge is -1.95. The molecule has 3 aromatic rings. The van der Waals surface area contributed by atoms with Crippen molar-refractivity contribution in [3.05, 3.63) is 57.5 Å². The Balaban J connectivity index is 1.96. The summed E-state index contributed by atoms with van der Waals surface area (Å²) < 4.78 is 1.27. The molecule has 0 atom stereocenters. The maximum Gasteiger partial charge on any atom is 0.275 e. The maximum absolute atomic E-state index is 11.7. The Kier molecular flexibility index (Phi) is 2.85. The fourth-order valence-electron chi connectivity index (χ4n) is 1.62. The van der Waals surface area contributed by atoms with E-state index >= 15 is 0 Å². The van der Waals surface area contributed by atoms with Crippen LogP contribution in [0.1, 0.15) is 11.3 Å². The van der Waals surface area contributed by atoms with Crippen molar-refractivity contribution >= 4 is 28.4 Å². The van der Waals surface area contributed by atoms with Gasteiger partial charge in [0.1, 0.15) is 11.3 Å². The molecule has 3 rings (SSSR count). The Labute approximate surface area is 112 Å². The summed E-state index contributed by atoms with van der Waals surface area (Å²) in [5, 5.41) is 13.1. The summed E-state index contributed by atoms with van der Waals surface area (Å²) in [6.45, 7) is 0. The van der Waals surface area contributed by atoms with Crippen LogP contribution in [0.15, 0.2) is 40.6 Å². The van der Waals surface area contributed by atoms with E-state index < -0.39 is 0 Å². The fraction of sp³-hybridized carbons (Fsp3) is 0. The maximum atomic E-state index is 11.7. The Hall–Kier alpha value is -2.47. The average molecular weight is 271 g/mol. The highest BCUT2D eigenvalue weighted by Crippen LogP contribution is 2.12. The lowest BCUT2D eigenvalue weighted by atomic mass is 10.2. The van der Waals surface area contributed by atoms with Gasteiger partial charge in [-0.15, -0.1) is 0 Å². The molecular formula is C13H9N3O2S. The zero-order chi connectivity index (χ0) is 13.2. The number of rotatable bonds is 2. The van der Waals surface area contributed by atoms with Gasteiger partial charge in [-0.25, -0.2) is 4.98 Å². The standard InChI is InChI=1S/C13H9N3O2S/c17-11-5-2-9(3-6-11)1-4-10-7-12(18)16-13(15-10)19-8-14-16/h1-8,17H/b4-1+. The largest absolute Gasteiger partial charge is 0.508 e. The number of hydrogen-bond acceptors (Lipinski definition) is 5. The second kappa shape index (κ2) is 4.66. The van der Waals surface area contributed by atoms with E-state index in [1.54, 1.807) is 35.9 Å². The molecular weight excluding hydrogens is 262 g/mol. The van der Waals surface area contributed by atoms with Gasteiger partial charge in [-0.1, -0.05) is 29.5 Å². The van der Waals surface area contributed by atoms with Crippen LogP contribution >= 0.6 is 11.3 Å². The summed E-state index contributed by atoms with van der Waals surface area (Å²) in [6.07, 6.45) is 3.59. The summed E-state index contributed by atoms with van der Waals surface area (Å²) in [6, 6.07) is 8.21. The van der Waals surface area contributed by atoms with Crippen LogP contribution in [0.2, 0.25) is 0 Å². The van der Waals surface area contributed by atoms with Crippen LogP contribution in [-0.4, -0.2) is 19.7 Å². The molecule has 0 spiro atoms. The normalized spacial score (nSPS) is 11.4. The summed E-state index contributed by atoms with van der Waals surface area (Å²) in [7, 11) is 0. The van der Waals surface area contributed by atoms with Crippen LogP contribution in [0.4, 0.5) is 0 Å². The van der Waals surface area contributed by atoms with Crippen LogP contribution in [0.5, 0.6) is 5.75 Å². The van der Waals surface area contributed by atoms with Crippen LogP contribution < -0.4 is 5.56 Å². The summed E-state index contributed by atoms with van der Waals surface area (Å²) in [5.74, 6) is 0.222. The molecule has 1 N–H and O–H groups in total. The van der Waals surface area contributed by atoms with Gasteiger partial charge in [-0.3, -0.25) is 4.79 Å². The van der Waals surface area contributed by atoms with Crippen LogP contribution in [0.3, 0.4) is 0 Å². The predicted molar refractivity (Wildman–Crippen MR) is 74.2 cm³/mol. The van der Waals surface area contributed by atoms with Crippen LogP contribution in [0, 0.1) is 0 Å². The van der Waals surface area contributed by atoms with Gasteiger partial charge in [0.05, 0.1) is 5.69 Å². The van der Waals surface area contributed by atoms with E-state index in [1.807, 2.05) is 6.08 Å². The van der Waals surface area contributed by atoms with E-state index in [1.165, 1.54) is 21.9 Å². The monoisotopic (exact) mass is 271 g/mol. The molecule has 6 heteroatoms. The number of benzene rings is 1. The number of fused-ring (bicyclic) bond motifs is 1. The van der Waals surface area contributed by atoms with Crippen LogP contribution in [-0.2, 0) is 0 Å². The number of aromatic nitrogens is 3. The molecule has 5 nitrogen and oxygen atoms in total. The van der Waals surface area contributed by atoms with Crippen molar-refractivity contribution < 1.29 is 5.11 Å². The highest BCUT2D eigenvalue weighted by Gasteiger charge is 2.01. The molecule has 19 heavy (non-hydrogen) atoms. The first-order valence-corrected chi connectivity index (χ1v) is 6.41. The third-order valence-corrected chi connectivity index (χ3v) is 3.22. The van der Waals surface area contributed by atoms with Gasteiger partial charge in [0.15, 0.2) is 0 Å². The predicted octanol–water partition coefficient (Wildman–Crippen LogP) is 2.03. The first kappa shape index (κ1) is 11.6. The van der Waals surface area contributed by atoms with Gasteiger partial charge < -0.3 is 5.11 Å². The Morgan fingerprint density at radius 3 is 2.79 bits per heavy atom. The first-order valence-electron chi connectivity index (χ1n) is 5.53. The Morgan fingerprint density at radius 1 is 1.21 bits per heavy atom. The molecule has 0 radical (unpaired) electrons. The fourth-order valence-corrected chi connectivity index (χ4v) is 2.26. The Bertz CT molecular complexity index is 803. The van der Waals surface area contributed by atoms with Gasteiger partial charge in [0.25, 0.3) is 5.56 Å². The molecule has 0 aliphatic carbocycles. The molecule has 0 aliphatic rings. The van der Waals surface area contributed by atoms with Crippen molar-refractivity contribution in [2.45, 2.75) is 0 Å². The summed E-state index contributed by atoms with van der Waals surface area (Å²) in [5.41, 5.74) is 2.89. The minimum absolute atomic E-state index is 0.198. The highest BCUT2D eigenvalue weighted by molar-refractivity contribution is 7.14. The van der Waals surface area contributed by atoms with Crippen molar-refractivity contribution in [1.82, 2.24) is 14.6 Å². The third kappa shape index (κ3) is 2.38. The quantitative estimate of drug-likeness (QED) is 0.774. The van der Waals surface area contributed by atoms with Gasteiger partial charge >= 0.3 is 0 Å². The number of phenolic OH excluding ortho intramolecular Hbond substituents is 1. The van der Waals surface area contributed by atoms with E-state index in [9.17, 15) is 9.90 Å². The molecule has 0 amide bonds. The van der Waals surface area contributed by atoms with E-state index in [2.05, 4.69) is 10.1 Å². The summed E-state index contributed by atoms with van der Waals surface area (Å²) in [4.78, 5) is 16.6. The van der Waals surface area contributed by atoms with Crippen molar-refractivity contribution in [2.75, 3.05) is 0 Å². The molecule has 94 valence electrons.